The van der Waals surface area contributed by atoms with E-state index >= 15 is 0 Å². The van der Waals surface area contributed by atoms with Crippen molar-refractivity contribution in [3.63, 3.8) is 0 Å². The molecule has 2 aromatic heterocycles. The number of pyridine rings is 1. The van der Waals surface area contributed by atoms with Crippen LogP contribution in [0.1, 0.15) is 78.9 Å². The lowest BCUT2D eigenvalue weighted by Crippen LogP contribution is -2.38. The van der Waals surface area contributed by atoms with Crippen molar-refractivity contribution in [1.29, 1.82) is 0 Å². The standard InChI is InChI=1S/C27H30ClFN4O3/c1-3-5-11-22-31-25(34)23(27(36)33(22)21(4-2)17-9-7-6-8-10-17)26(35)32-13-12-18(16-32)24-20(29)14-19(28)15-30-24/h6-10,14-15,18,21,34H,3-5,11-13,16H2,1-2H3/t18?,21-/m0/s1. The zero-order chi connectivity index (χ0) is 25.8. The van der Waals surface area contributed by atoms with Gasteiger partial charge in [-0.15, -0.1) is 0 Å². The van der Waals surface area contributed by atoms with Gasteiger partial charge in [-0.1, -0.05) is 62.2 Å². The van der Waals surface area contributed by atoms with Gasteiger partial charge in [0, 0.05) is 31.6 Å². The summed E-state index contributed by atoms with van der Waals surface area (Å²) in [5, 5.41) is 11.0. The number of carbonyl (C=O) groups is 1. The average molecular weight is 513 g/mol. The zero-order valence-electron chi connectivity index (χ0n) is 20.5. The topological polar surface area (TPSA) is 88.3 Å². The maximum Gasteiger partial charge on any atom is 0.270 e. The Morgan fingerprint density at radius 1 is 1.28 bits per heavy atom. The molecule has 3 heterocycles. The first-order valence-corrected chi connectivity index (χ1v) is 12.7. The molecule has 0 spiro atoms. The van der Waals surface area contributed by atoms with Crippen molar-refractivity contribution in [1.82, 2.24) is 19.4 Å². The van der Waals surface area contributed by atoms with E-state index in [1.807, 2.05) is 44.2 Å². The third-order valence-corrected chi connectivity index (χ3v) is 6.92. The predicted molar refractivity (Wildman–Crippen MR) is 136 cm³/mol. The number of hydrogen-bond acceptors (Lipinski definition) is 5. The highest BCUT2D eigenvalue weighted by molar-refractivity contribution is 6.30. The van der Waals surface area contributed by atoms with Crippen molar-refractivity contribution in [3.05, 3.63) is 86.4 Å². The lowest BCUT2D eigenvalue weighted by Gasteiger charge is -2.24. The Balaban J connectivity index is 1.71. The minimum Gasteiger partial charge on any atom is -0.493 e. The minimum absolute atomic E-state index is 0.177. The smallest absolute Gasteiger partial charge is 0.270 e. The van der Waals surface area contributed by atoms with Crippen LogP contribution in [0.25, 0.3) is 0 Å². The van der Waals surface area contributed by atoms with Gasteiger partial charge in [0.25, 0.3) is 11.5 Å². The van der Waals surface area contributed by atoms with E-state index in [2.05, 4.69) is 9.97 Å². The number of halogens is 2. The molecule has 2 atom stereocenters. The molecule has 4 rings (SSSR count). The van der Waals surface area contributed by atoms with Crippen molar-refractivity contribution < 1.29 is 14.3 Å². The van der Waals surface area contributed by atoms with Crippen LogP contribution in [-0.4, -0.2) is 43.5 Å². The second-order valence-corrected chi connectivity index (χ2v) is 9.53. The summed E-state index contributed by atoms with van der Waals surface area (Å²) < 4.78 is 16.0. The number of carbonyl (C=O) groups excluding carboxylic acids is 1. The largest absolute Gasteiger partial charge is 0.493 e. The maximum absolute atomic E-state index is 14.4. The molecule has 190 valence electrons. The van der Waals surface area contributed by atoms with Crippen molar-refractivity contribution in [2.45, 2.75) is 57.9 Å². The number of hydrogen-bond donors (Lipinski definition) is 1. The summed E-state index contributed by atoms with van der Waals surface area (Å²) in [5.74, 6) is -1.57. The highest BCUT2D eigenvalue weighted by Gasteiger charge is 2.34. The van der Waals surface area contributed by atoms with E-state index in [4.69, 9.17) is 11.6 Å². The zero-order valence-corrected chi connectivity index (χ0v) is 21.2. The molecule has 1 N–H and O–H groups in total. The van der Waals surface area contributed by atoms with Crippen LogP contribution < -0.4 is 5.56 Å². The fourth-order valence-electron chi connectivity index (χ4n) is 4.88. The van der Waals surface area contributed by atoms with Crippen LogP contribution >= 0.6 is 11.6 Å². The van der Waals surface area contributed by atoms with Crippen LogP contribution in [0.4, 0.5) is 4.39 Å². The van der Waals surface area contributed by atoms with Gasteiger partial charge in [-0.25, -0.2) is 4.39 Å². The van der Waals surface area contributed by atoms with Gasteiger partial charge in [0.15, 0.2) is 5.56 Å². The molecule has 1 aliphatic rings. The Kier molecular flexibility index (Phi) is 8.04. The number of benzene rings is 1. The Morgan fingerprint density at radius 2 is 2.03 bits per heavy atom. The molecule has 7 nitrogen and oxygen atoms in total. The fourth-order valence-corrected chi connectivity index (χ4v) is 5.02. The Labute approximate surface area is 214 Å². The van der Waals surface area contributed by atoms with Crippen molar-refractivity contribution in [2.75, 3.05) is 13.1 Å². The van der Waals surface area contributed by atoms with E-state index in [1.54, 1.807) is 4.57 Å². The molecule has 9 heteroatoms. The molecule has 0 aliphatic carbocycles. The molecule has 1 aliphatic heterocycles. The molecule has 1 aromatic carbocycles. The van der Waals surface area contributed by atoms with E-state index in [-0.39, 0.29) is 34.8 Å². The summed E-state index contributed by atoms with van der Waals surface area (Å²) in [6, 6.07) is 10.5. The number of aromatic nitrogens is 3. The molecular formula is C27H30ClFN4O3. The van der Waals surface area contributed by atoms with Gasteiger partial charge in [0.2, 0.25) is 5.88 Å². The third kappa shape index (κ3) is 5.14. The summed E-state index contributed by atoms with van der Waals surface area (Å²) >= 11 is 5.82. The summed E-state index contributed by atoms with van der Waals surface area (Å²) in [4.78, 5) is 37.2. The Bertz CT molecular complexity index is 1300. The van der Waals surface area contributed by atoms with Crippen LogP contribution in [0, 0.1) is 5.82 Å². The highest BCUT2D eigenvalue weighted by Crippen LogP contribution is 2.31. The number of aromatic hydroxyl groups is 1. The molecule has 0 bridgehead atoms. The first-order chi connectivity index (χ1) is 17.3. The molecule has 1 fully saturated rings. The predicted octanol–water partition coefficient (Wildman–Crippen LogP) is 5.11. The molecule has 1 unspecified atom stereocenters. The summed E-state index contributed by atoms with van der Waals surface area (Å²) in [7, 11) is 0. The second kappa shape index (κ2) is 11.2. The Morgan fingerprint density at radius 3 is 2.69 bits per heavy atom. The van der Waals surface area contributed by atoms with E-state index < -0.39 is 23.2 Å². The normalized spacial score (nSPS) is 16.3. The van der Waals surface area contributed by atoms with Crippen molar-refractivity contribution in [2.24, 2.45) is 0 Å². The van der Waals surface area contributed by atoms with E-state index in [0.717, 1.165) is 18.4 Å². The quantitative estimate of drug-likeness (QED) is 0.453. The second-order valence-electron chi connectivity index (χ2n) is 9.10. The molecule has 0 radical (unpaired) electrons. The molecule has 1 saturated heterocycles. The van der Waals surface area contributed by atoms with Crippen molar-refractivity contribution in [3.8, 4) is 5.88 Å². The lowest BCUT2D eigenvalue weighted by atomic mass is 10.0. The number of aryl methyl sites for hydroxylation is 1. The van der Waals surface area contributed by atoms with Gasteiger partial charge in [0.05, 0.1) is 16.8 Å². The molecule has 0 saturated carbocycles. The third-order valence-electron chi connectivity index (χ3n) is 6.72. The van der Waals surface area contributed by atoms with Gasteiger partial charge in [-0.2, -0.15) is 4.98 Å². The molecular weight excluding hydrogens is 483 g/mol. The van der Waals surface area contributed by atoms with Gasteiger partial charge >= 0.3 is 0 Å². The fraction of sp³-hybridized carbons (Fsp3) is 0.407. The van der Waals surface area contributed by atoms with Gasteiger partial charge < -0.3 is 10.0 Å². The highest BCUT2D eigenvalue weighted by atomic mass is 35.5. The van der Waals surface area contributed by atoms with Crippen LogP contribution in [0.2, 0.25) is 5.02 Å². The van der Waals surface area contributed by atoms with Crippen LogP contribution in [0.3, 0.4) is 0 Å². The Hall–Kier alpha value is -3.26. The van der Waals surface area contributed by atoms with Crippen LogP contribution in [0.15, 0.2) is 47.4 Å². The number of rotatable bonds is 8. The average Bonchev–Trinajstić information content (AvgIpc) is 3.35. The SMILES string of the molecule is CCCCc1nc(O)c(C(=O)N2CCC(c3ncc(Cl)cc3F)C2)c(=O)n1[C@@H](CC)c1ccccc1. The minimum atomic E-state index is -0.611. The summed E-state index contributed by atoms with van der Waals surface area (Å²) in [6.07, 6.45) is 4.65. The monoisotopic (exact) mass is 512 g/mol. The molecule has 36 heavy (non-hydrogen) atoms. The maximum atomic E-state index is 14.4. The van der Waals surface area contributed by atoms with E-state index in [9.17, 15) is 19.1 Å². The van der Waals surface area contributed by atoms with Gasteiger partial charge in [-0.3, -0.25) is 19.1 Å². The number of nitrogens with zero attached hydrogens (tertiary/aromatic N) is 4. The first-order valence-electron chi connectivity index (χ1n) is 12.3. The molecule has 3 aromatic rings. The van der Waals surface area contributed by atoms with Crippen LogP contribution in [-0.2, 0) is 6.42 Å². The van der Waals surface area contributed by atoms with Crippen LogP contribution in [0.5, 0.6) is 5.88 Å². The number of likely N-dealkylation sites (tertiary alicyclic amines) is 1. The summed E-state index contributed by atoms with van der Waals surface area (Å²) in [5.41, 5.74) is 0.249. The van der Waals surface area contributed by atoms with E-state index in [1.165, 1.54) is 17.2 Å². The number of unbranched alkanes of at least 4 members (excludes halogenated alkanes) is 1. The van der Waals surface area contributed by atoms with Gasteiger partial charge in [0.1, 0.15) is 11.6 Å². The van der Waals surface area contributed by atoms with E-state index in [0.29, 0.717) is 31.6 Å². The lowest BCUT2D eigenvalue weighted by molar-refractivity contribution is 0.0783. The van der Waals surface area contributed by atoms with Gasteiger partial charge in [-0.05, 0) is 30.9 Å². The summed E-state index contributed by atoms with van der Waals surface area (Å²) in [6.45, 7) is 4.49. The van der Waals surface area contributed by atoms with Crippen molar-refractivity contribution >= 4 is 17.5 Å². The number of amides is 1. The molecule has 1 amide bonds. The first kappa shape index (κ1) is 25.8.